The Labute approximate surface area is 490 Å². The van der Waals surface area contributed by atoms with Crippen molar-refractivity contribution >= 4 is 17.9 Å². The molecule has 456 valence electrons. The summed E-state index contributed by atoms with van der Waals surface area (Å²) in [7, 11) is 0. The van der Waals surface area contributed by atoms with E-state index in [-0.39, 0.29) is 31.1 Å². The van der Waals surface area contributed by atoms with Crippen LogP contribution >= 0.6 is 0 Å². The summed E-state index contributed by atoms with van der Waals surface area (Å²) in [5, 5.41) is 0. The Morgan fingerprint density at radius 2 is 0.494 bits per heavy atom. The van der Waals surface area contributed by atoms with Crippen molar-refractivity contribution in [1.29, 1.82) is 0 Å². The minimum atomic E-state index is -0.783. The molecule has 0 spiro atoms. The summed E-state index contributed by atoms with van der Waals surface area (Å²) in [5.74, 6) is -0.877. The van der Waals surface area contributed by atoms with Crippen LogP contribution in [0, 0.1) is 0 Å². The molecule has 0 saturated carbocycles. The third-order valence-electron chi connectivity index (χ3n) is 14.9. The molecule has 0 saturated heterocycles. The van der Waals surface area contributed by atoms with Crippen molar-refractivity contribution in [3.8, 4) is 0 Å². The predicted molar refractivity (Wildman–Crippen MR) is 344 cm³/mol. The molecule has 0 amide bonds. The Kier molecular flexibility index (Phi) is 64.2. The first-order chi connectivity index (χ1) is 39.0. The van der Waals surface area contributed by atoms with Crippen LogP contribution in [0.25, 0.3) is 0 Å². The Hall–Kier alpha value is -3.41. The Morgan fingerprint density at radius 1 is 0.266 bits per heavy atom. The molecule has 0 aliphatic rings. The first-order valence-electron chi connectivity index (χ1n) is 34.1. The average Bonchev–Trinajstić information content (AvgIpc) is 3.45. The summed E-state index contributed by atoms with van der Waals surface area (Å²) in [6.07, 6.45) is 88.8. The molecule has 0 aromatic carbocycles. The maximum atomic E-state index is 12.9. The molecule has 6 heteroatoms. The van der Waals surface area contributed by atoms with Crippen LogP contribution in [-0.2, 0) is 28.6 Å². The lowest BCUT2D eigenvalue weighted by Gasteiger charge is -2.18. The Balaban J connectivity index is 4.37. The van der Waals surface area contributed by atoms with Crippen LogP contribution in [0.2, 0.25) is 0 Å². The maximum Gasteiger partial charge on any atom is 0.306 e. The standard InChI is InChI=1S/C73H128O6/c1-4-7-10-13-16-19-22-25-28-31-32-33-34-35-36-37-38-39-40-43-45-48-51-54-57-60-63-66-72(75)78-69-70(79-73(76)67-64-61-58-55-52-49-46-42-30-27-24-21-18-15-12-9-6-3)68-77-71(74)65-62-59-56-53-50-47-44-41-29-26-23-20-17-14-11-8-5-2/h7,10,16,19,25,28,32-33,35-36,38-39,43,45,70H,4-6,8-9,11-15,17-18,20-24,26-27,29-31,34,37,40-42,44,46-69H2,1-3H3/b10-7-,19-16-,28-25-,33-32-,36-35-,39-38-,45-43-. The van der Waals surface area contributed by atoms with Crippen molar-refractivity contribution in [2.45, 2.75) is 348 Å². The molecule has 0 heterocycles. The zero-order valence-corrected chi connectivity index (χ0v) is 52.4. The zero-order valence-electron chi connectivity index (χ0n) is 52.4. The number of esters is 3. The van der Waals surface area contributed by atoms with Gasteiger partial charge < -0.3 is 14.2 Å². The van der Waals surface area contributed by atoms with Crippen molar-refractivity contribution in [2.75, 3.05) is 13.2 Å². The minimum absolute atomic E-state index is 0.0777. The SMILES string of the molecule is CC/C=C\C/C=C\C/C=C\C/C=C\C/C=C\C/C=C\C/C=C\CCCCCCCC(=O)OCC(COC(=O)CCCCCCCCCCCCCCCCCCC)OC(=O)CCCCCCCCCCCCCCCCCCC. The maximum absolute atomic E-state index is 12.9. The Morgan fingerprint density at radius 3 is 0.772 bits per heavy atom. The molecule has 0 fully saturated rings. The van der Waals surface area contributed by atoms with Gasteiger partial charge in [-0.25, -0.2) is 0 Å². The van der Waals surface area contributed by atoms with E-state index in [2.05, 4.69) is 106 Å². The van der Waals surface area contributed by atoms with Crippen molar-refractivity contribution in [1.82, 2.24) is 0 Å². The lowest BCUT2D eigenvalue weighted by atomic mass is 10.0. The molecule has 6 nitrogen and oxygen atoms in total. The van der Waals surface area contributed by atoms with Gasteiger partial charge in [-0.05, 0) is 77.0 Å². The monoisotopic (exact) mass is 1100 g/mol. The molecule has 0 aromatic rings. The summed E-state index contributed by atoms with van der Waals surface area (Å²) in [6.45, 7) is 6.57. The number of carbonyl (C=O) groups is 3. The molecule has 0 aromatic heterocycles. The first kappa shape index (κ1) is 75.6. The fourth-order valence-corrected chi connectivity index (χ4v) is 9.84. The van der Waals surface area contributed by atoms with E-state index in [0.29, 0.717) is 19.3 Å². The van der Waals surface area contributed by atoms with Crippen LogP contribution in [0.15, 0.2) is 85.1 Å². The molecule has 0 rings (SSSR count). The number of rotatable bonds is 62. The van der Waals surface area contributed by atoms with Gasteiger partial charge in [0.15, 0.2) is 6.10 Å². The van der Waals surface area contributed by atoms with Gasteiger partial charge in [0, 0.05) is 19.3 Å². The van der Waals surface area contributed by atoms with Crippen LogP contribution in [0.5, 0.6) is 0 Å². The summed E-state index contributed by atoms with van der Waals surface area (Å²) in [5.41, 5.74) is 0. The highest BCUT2D eigenvalue weighted by molar-refractivity contribution is 5.71. The molecule has 0 bridgehead atoms. The van der Waals surface area contributed by atoms with Gasteiger partial charge in [0.2, 0.25) is 0 Å². The lowest BCUT2D eigenvalue weighted by Crippen LogP contribution is -2.30. The van der Waals surface area contributed by atoms with Crippen molar-refractivity contribution in [2.24, 2.45) is 0 Å². The van der Waals surface area contributed by atoms with Crippen molar-refractivity contribution < 1.29 is 28.6 Å². The average molecular weight is 1100 g/mol. The van der Waals surface area contributed by atoms with Gasteiger partial charge in [0.05, 0.1) is 0 Å². The van der Waals surface area contributed by atoms with Crippen LogP contribution in [-0.4, -0.2) is 37.2 Å². The molecule has 1 unspecified atom stereocenters. The van der Waals surface area contributed by atoms with Gasteiger partial charge in [-0.15, -0.1) is 0 Å². The highest BCUT2D eigenvalue weighted by atomic mass is 16.6. The smallest absolute Gasteiger partial charge is 0.306 e. The van der Waals surface area contributed by atoms with E-state index >= 15 is 0 Å². The highest BCUT2D eigenvalue weighted by Crippen LogP contribution is 2.18. The van der Waals surface area contributed by atoms with Gasteiger partial charge in [-0.3, -0.25) is 14.4 Å². The molecular formula is C73H128O6. The van der Waals surface area contributed by atoms with E-state index in [1.807, 2.05) is 0 Å². The van der Waals surface area contributed by atoms with Gasteiger partial charge in [0.25, 0.3) is 0 Å². The second-order valence-electron chi connectivity index (χ2n) is 22.7. The highest BCUT2D eigenvalue weighted by Gasteiger charge is 2.19. The van der Waals surface area contributed by atoms with Crippen LogP contribution < -0.4 is 0 Å². The van der Waals surface area contributed by atoms with Crippen LogP contribution in [0.4, 0.5) is 0 Å². The number of carbonyl (C=O) groups excluding carboxylic acids is 3. The summed E-state index contributed by atoms with van der Waals surface area (Å²) in [6, 6.07) is 0. The number of allylic oxidation sites excluding steroid dienone is 14. The van der Waals surface area contributed by atoms with Crippen molar-refractivity contribution in [3.05, 3.63) is 85.1 Å². The van der Waals surface area contributed by atoms with Crippen molar-refractivity contribution in [3.63, 3.8) is 0 Å². The molecule has 79 heavy (non-hydrogen) atoms. The second-order valence-corrected chi connectivity index (χ2v) is 22.7. The second kappa shape index (κ2) is 67.1. The van der Waals surface area contributed by atoms with E-state index in [4.69, 9.17) is 14.2 Å². The number of hydrogen-bond acceptors (Lipinski definition) is 6. The molecule has 0 radical (unpaired) electrons. The van der Waals surface area contributed by atoms with E-state index < -0.39 is 6.10 Å². The van der Waals surface area contributed by atoms with E-state index in [1.165, 1.54) is 180 Å². The zero-order chi connectivity index (χ0) is 57.1. The van der Waals surface area contributed by atoms with Crippen LogP contribution in [0.1, 0.15) is 342 Å². The third-order valence-corrected chi connectivity index (χ3v) is 14.9. The summed E-state index contributed by atoms with van der Waals surface area (Å²) >= 11 is 0. The van der Waals surface area contributed by atoms with E-state index in [9.17, 15) is 14.4 Å². The fraction of sp³-hybridized carbons (Fsp3) is 0.767. The molecule has 1 atom stereocenters. The number of ether oxygens (including phenoxy) is 3. The topological polar surface area (TPSA) is 78.9 Å². The predicted octanol–water partition coefficient (Wildman–Crippen LogP) is 23.4. The number of unbranched alkanes of at least 4 members (excludes halogenated alkanes) is 37. The quantitative estimate of drug-likeness (QED) is 0.0261. The van der Waals surface area contributed by atoms with E-state index in [0.717, 1.165) is 122 Å². The molecule has 0 aliphatic carbocycles. The molecular weight excluding hydrogens is 973 g/mol. The van der Waals surface area contributed by atoms with Gasteiger partial charge in [-0.2, -0.15) is 0 Å². The third kappa shape index (κ3) is 65.3. The van der Waals surface area contributed by atoms with Gasteiger partial charge in [-0.1, -0.05) is 331 Å². The summed E-state index contributed by atoms with van der Waals surface area (Å²) in [4.78, 5) is 38.4. The lowest BCUT2D eigenvalue weighted by molar-refractivity contribution is -0.167. The first-order valence-corrected chi connectivity index (χ1v) is 34.1. The van der Waals surface area contributed by atoms with Crippen LogP contribution in [0.3, 0.4) is 0 Å². The molecule has 0 N–H and O–H groups in total. The normalized spacial score (nSPS) is 12.6. The van der Waals surface area contributed by atoms with E-state index in [1.54, 1.807) is 0 Å². The van der Waals surface area contributed by atoms with Gasteiger partial charge in [0.1, 0.15) is 13.2 Å². The number of hydrogen-bond donors (Lipinski definition) is 0. The minimum Gasteiger partial charge on any atom is -0.462 e. The Bertz CT molecular complexity index is 1500. The fourth-order valence-electron chi connectivity index (χ4n) is 9.84. The largest absolute Gasteiger partial charge is 0.462 e. The van der Waals surface area contributed by atoms with Gasteiger partial charge >= 0.3 is 17.9 Å². The summed E-state index contributed by atoms with van der Waals surface area (Å²) < 4.78 is 17.0. The molecule has 0 aliphatic heterocycles.